The lowest BCUT2D eigenvalue weighted by Gasteiger charge is -2.13. The van der Waals surface area contributed by atoms with Crippen LogP contribution in [0, 0.1) is 6.92 Å². The van der Waals surface area contributed by atoms with Crippen LogP contribution >= 0.6 is 11.6 Å². The largest absolute Gasteiger partial charge is 0.497 e. The molecule has 4 nitrogen and oxygen atoms in total. The molecule has 0 radical (unpaired) electrons. The van der Waals surface area contributed by atoms with E-state index in [1.165, 1.54) is 7.11 Å². The number of hydrogen-bond acceptors (Lipinski definition) is 3. The summed E-state index contributed by atoms with van der Waals surface area (Å²) in [6.45, 7) is 1.93. The number of carbonyl (C=O) groups is 1. The maximum atomic E-state index is 11.0. The third-order valence-corrected chi connectivity index (χ3v) is 3.21. The van der Waals surface area contributed by atoms with E-state index in [4.69, 9.17) is 26.2 Å². The number of carboxylic acid groups (broad SMARTS) is 1. The molecule has 0 spiro atoms. The molecule has 0 atom stereocenters. The van der Waals surface area contributed by atoms with E-state index in [1.54, 1.807) is 30.3 Å². The minimum atomic E-state index is -0.942. The lowest BCUT2D eigenvalue weighted by Crippen LogP contribution is -2.02. The van der Waals surface area contributed by atoms with Crippen LogP contribution in [-0.2, 0) is 11.2 Å². The molecule has 0 amide bonds. The average Bonchev–Trinajstić information content (AvgIpc) is 2.43. The second-order valence-corrected chi connectivity index (χ2v) is 4.99. The van der Waals surface area contributed by atoms with Gasteiger partial charge in [-0.25, -0.2) is 0 Å². The van der Waals surface area contributed by atoms with Crippen LogP contribution in [0.4, 0.5) is 0 Å². The van der Waals surface area contributed by atoms with Crippen molar-refractivity contribution in [3.8, 4) is 17.2 Å². The molecule has 0 aliphatic carbocycles. The van der Waals surface area contributed by atoms with Crippen LogP contribution in [0.5, 0.6) is 17.2 Å². The summed E-state index contributed by atoms with van der Waals surface area (Å²) in [4.78, 5) is 11.0. The van der Waals surface area contributed by atoms with Crippen molar-refractivity contribution in [1.82, 2.24) is 0 Å². The number of carboxylic acids is 1. The van der Waals surface area contributed by atoms with E-state index in [9.17, 15) is 4.79 Å². The van der Waals surface area contributed by atoms with Crippen molar-refractivity contribution in [3.05, 3.63) is 52.5 Å². The Labute approximate surface area is 127 Å². The van der Waals surface area contributed by atoms with Crippen molar-refractivity contribution in [2.24, 2.45) is 0 Å². The van der Waals surface area contributed by atoms with Gasteiger partial charge in [-0.15, -0.1) is 0 Å². The Morgan fingerprint density at radius 2 is 1.90 bits per heavy atom. The zero-order valence-electron chi connectivity index (χ0n) is 11.7. The van der Waals surface area contributed by atoms with Crippen LogP contribution in [0.25, 0.3) is 0 Å². The van der Waals surface area contributed by atoms with E-state index in [0.717, 1.165) is 5.56 Å². The molecule has 2 rings (SSSR count). The highest BCUT2D eigenvalue weighted by molar-refractivity contribution is 6.32. The molecule has 0 fully saturated rings. The Bertz CT molecular complexity index is 667. The van der Waals surface area contributed by atoms with Crippen LogP contribution in [-0.4, -0.2) is 18.2 Å². The molecular formula is C16H15ClO4. The molecule has 0 saturated heterocycles. The standard InChI is InChI=1S/C16H15ClO4/c1-10-3-5-15(13(17)7-10)21-14-6-4-12(20-2)8-11(14)9-16(18)19/h3-8H,9H2,1-2H3,(H,18,19). The molecule has 0 unspecified atom stereocenters. The number of ether oxygens (including phenoxy) is 2. The van der Waals surface area contributed by atoms with Crippen LogP contribution < -0.4 is 9.47 Å². The van der Waals surface area contributed by atoms with Crippen molar-refractivity contribution in [3.63, 3.8) is 0 Å². The van der Waals surface area contributed by atoms with E-state index < -0.39 is 5.97 Å². The van der Waals surface area contributed by atoms with E-state index in [1.807, 2.05) is 13.0 Å². The first-order valence-electron chi connectivity index (χ1n) is 6.32. The Kier molecular flexibility index (Phi) is 4.70. The number of benzene rings is 2. The summed E-state index contributed by atoms with van der Waals surface area (Å²) in [7, 11) is 1.53. The van der Waals surface area contributed by atoms with Gasteiger partial charge in [0.15, 0.2) is 0 Å². The Hall–Kier alpha value is -2.20. The van der Waals surface area contributed by atoms with E-state index in [-0.39, 0.29) is 6.42 Å². The fourth-order valence-corrected chi connectivity index (χ4v) is 2.16. The van der Waals surface area contributed by atoms with Gasteiger partial charge >= 0.3 is 5.97 Å². The summed E-state index contributed by atoms with van der Waals surface area (Å²) in [5.74, 6) is 0.569. The number of hydrogen-bond donors (Lipinski definition) is 1. The molecule has 0 aliphatic rings. The summed E-state index contributed by atoms with van der Waals surface area (Å²) in [6, 6.07) is 10.5. The SMILES string of the molecule is COc1ccc(Oc2ccc(C)cc2Cl)c(CC(=O)O)c1. The molecule has 0 heterocycles. The highest BCUT2D eigenvalue weighted by Gasteiger charge is 2.12. The summed E-state index contributed by atoms with van der Waals surface area (Å²) in [6.07, 6.45) is -0.157. The van der Waals surface area contributed by atoms with Crippen LogP contribution in [0.15, 0.2) is 36.4 Å². The number of rotatable bonds is 5. The van der Waals surface area contributed by atoms with Crippen LogP contribution in [0.3, 0.4) is 0 Å². The molecular weight excluding hydrogens is 292 g/mol. The molecule has 0 bridgehead atoms. The molecule has 1 N–H and O–H groups in total. The maximum Gasteiger partial charge on any atom is 0.307 e. The minimum Gasteiger partial charge on any atom is -0.497 e. The lowest BCUT2D eigenvalue weighted by molar-refractivity contribution is -0.136. The summed E-state index contributed by atoms with van der Waals surface area (Å²) in [5, 5.41) is 9.47. The second-order valence-electron chi connectivity index (χ2n) is 4.58. The van der Waals surface area contributed by atoms with Gasteiger partial charge < -0.3 is 14.6 Å². The lowest BCUT2D eigenvalue weighted by atomic mass is 10.1. The van der Waals surface area contributed by atoms with Gasteiger partial charge in [0.05, 0.1) is 18.6 Å². The van der Waals surface area contributed by atoms with Crippen LogP contribution in [0.2, 0.25) is 5.02 Å². The van der Waals surface area contributed by atoms with Gasteiger partial charge in [0.1, 0.15) is 17.2 Å². The van der Waals surface area contributed by atoms with Gasteiger partial charge in [-0.05, 0) is 42.8 Å². The number of aryl methyl sites for hydroxylation is 1. The molecule has 21 heavy (non-hydrogen) atoms. The monoisotopic (exact) mass is 306 g/mol. The molecule has 0 aliphatic heterocycles. The predicted octanol–water partition coefficient (Wildman–Crippen LogP) is 4.08. The van der Waals surface area contributed by atoms with Crippen molar-refractivity contribution < 1.29 is 19.4 Å². The molecule has 2 aromatic rings. The predicted molar refractivity (Wildman–Crippen MR) is 80.6 cm³/mol. The van der Waals surface area contributed by atoms with Gasteiger partial charge in [-0.1, -0.05) is 17.7 Å². The van der Waals surface area contributed by atoms with Crippen LogP contribution in [0.1, 0.15) is 11.1 Å². The van der Waals surface area contributed by atoms with Crippen molar-refractivity contribution >= 4 is 17.6 Å². The van der Waals surface area contributed by atoms with Gasteiger partial charge in [0.2, 0.25) is 0 Å². The van der Waals surface area contributed by atoms with Gasteiger partial charge in [-0.2, -0.15) is 0 Å². The molecule has 0 saturated carbocycles. The normalized spacial score (nSPS) is 10.2. The Morgan fingerprint density at radius 1 is 1.19 bits per heavy atom. The van der Waals surface area contributed by atoms with Crippen molar-refractivity contribution in [1.29, 1.82) is 0 Å². The first-order chi connectivity index (χ1) is 9.99. The third-order valence-electron chi connectivity index (χ3n) is 2.92. The molecule has 5 heteroatoms. The van der Waals surface area contributed by atoms with E-state index >= 15 is 0 Å². The topological polar surface area (TPSA) is 55.8 Å². The first-order valence-corrected chi connectivity index (χ1v) is 6.70. The summed E-state index contributed by atoms with van der Waals surface area (Å²) >= 11 is 6.13. The summed E-state index contributed by atoms with van der Waals surface area (Å²) in [5.41, 5.74) is 1.55. The number of aliphatic carboxylic acids is 1. The second kappa shape index (κ2) is 6.50. The fourth-order valence-electron chi connectivity index (χ4n) is 1.89. The van der Waals surface area contributed by atoms with E-state index in [0.29, 0.717) is 27.8 Å². The highest BCUT2D eigenvalue weighted by atomic mass is 35.5. The van der Waals surface area contributed by atoms with Crippen molar-refractivity contribution in [2.75, 3.05) is 7.11 Å². The fraction of sp³-hybridized carbons (Fsp3) is 0.188. The zero-order chi connectivity index (χ0) is 15.4. The number of halogens is 1. The molecule has 110 valence electrons. The molecule has 0 aromatic heterocycles. The highest BCUT2D eigenvalue weighted by Crippen LogP contribution is 2.33. The third kappa shape index (κ3) is 3.89. The quantitative estimate of drug-likeness (QED) is 0.904. The van der Waals surface area contributed by atoms with Crippen molar-refractivity contribution in [2.45, 2.75) is 13.3 Å². The smallest absolute Gasteiger partial charge is 0.307 e. The van der Waals surface area contributed by atoms with Gasteiger partial charge in [-0.3, -0.25) is 4.79 Å². The zero-order valence-corrected chi connectivity index (χ0v) is 12.5. The van der Waals surface area contributed by atoms with Gasteiger partial charge in [0.25, 0.3) is 0 Å². The first kappa shape index (κ1) is 15.2. The molecule has 2 aromatic carbocycles. The van der Waals surface area contributed by atoms with E-state index in [2.05, 4.69) is 0 Å². The average molecular weight is 307 g/mol. The minimum absolute atomic E-state index is 0.157. The Balaban J connectivity index is 2.35. The van der Waals surface area contributed by atoms with Gasteiger partial charge in [0, 0.05) is 5.56 Å². The maximum absolute atomic E-state index is 11.0. The summed E-state index contributed by atoms with van der Waals surface area (Å²) < 4.78 is 10.9. The Morgan fingerprint density at radius 3 is 2.52 bits per heavy atom. The number of methoxy groups -OCH3 is 1.